The summed E-state index contributed by atoms with van der Waals surface area (Å²) in [6.07, 6.45) is 0.0671. The minimum atomic E-state index is -4.66. The van der Waals surface area contributed by atoms with Gasteiger partial charge < -0.3 is 9.32 Å². The van der Waals surface area contributed by atoms with Crippen molar-refractivity contribution in [2.24, 2.45) is 13.0 Å². The average Bonchev–Trinajstić information content (AvgIpc) is 3.41. The molecular weight excluding hydrogens is 453 g/mol. The molecule has 3 aromatic rings. The van der Waals surface area contributed by atoms with Crippen LogP contribution < -0.4 is 5.32 Å². The van der Waals surface area contributed by atoms with Crippen molar-refractivity contribution in [3.8, 4) is 11.4 Å². The topological polar surface area (TPSA) is 115 Å². The van der Waals surface area contributed by atoms with E-state index >= 15 is 0 Å². The third kappa shape index (κ3) is 3.59. The van der Waals surface area contributed by atoms with Crippen molar-refractivity contribution in [3.63, 3.8) is 0 Å². The molecular formula is C21H23F3N8O2. The standard InChI is InChI=1S/C21H23F3N8O2/c1-4-16-28-29-18(34-16)20-7-11(2)5-12(8-20)32(20)19(33)27-15-6-13(17-26-10-31(3)30-17)14(9-25-15)21(22,23)24/h6,9-12H,4-5,7-8H2,1-3H3,(H,25,27,33)/t11-,12-,20+/m0/s1. The molecule has 0 spiro atoms. The number of nitrogens with zero attached hydrogens (tertiary/aromatic N) is 7. The lowest BCUT2D eigenvalue weighted by atomic mass is 9.64. The van der Waals surface area contributed by atoms with Gasteiger partial charge in [-0.1, -0.05) is 13.8 Å². The predicted molar refractivity (Wildman–Crippen MR) is 112 cm³/mol. The van der Waals surface area contributed by atoms with Crippen molar-refractivity contribution >= 4 is 11.8 Å². The van der Waals surface area contributed by atoms with Gasteiger partial charge in [0.2, 0.25) is 11.8 Å². The quantitative estimate of drug-likeness (QED) is 0.609. The number of urea groups is 1. The number of hydrogen-bond donors (Lipinski definition) is 1. The van der Waals surface area contributed by atoms with E-state index in [0.717, 1.165) is 12.5 Å². The monoisotopic (exact) mass is 476 g/mol. The van der Waals surface area contributed by atoms with Gasteiger partial charge in [0.25, 0.3) is 0 Å². The van der Waals surface area contributed by atoms with Gasteiger partial charge in [0.05, 0.1) is 5.56 Å². The van der Waals surface area contributed by atoms with Crippen LogP contribution in [0.2, 0.25) is 0 Å². The van der Waals surface area contributed by atoms with E-state index in [4.69, 9.17) is 4.42 Å². The summed E-state index contributed by atoms with van der Waals surface area (Å²) in [7, 11) is 1.55. The Morgan fingerprint density at radius 1 is 1.29 bits per heavy atom. The number of aromatic nitrogens is 6. The summed E-state index contributed by atoms with van der Waals surface area (Å²) in [5.74, 6) is 1.08. The zero-order valence-electron chi connectivity index (χ0n) is 18.8. The largest absolute Gasteiger partial charge is 0.423 e. The van der Waals surface area contributed by atoms with Crippen LogP contribution in [0.5, 0.6) is 0 Å². The minimum absolute atomic E-state index is 0.0339. The second-order valence-electron chi connectivity index (χ2n) is 8.94. The minimum Gasteiger partial charge on any atom is -0.423 e. The van der Waals surface area contributed by atoms with Gasteiger partial charge in [-0.25, -0.2) is 14.8 Å². The highest BCUT2D eigenvalue weighted by atomic mass is 19.4. The number of likely N-dealkylation sites (tertiary alicyclic amines) is 1. The number of piperidine rings is 1. The summed E-state index contributed by atoms with van der Waals surface area (Å²) < 4.78 is 47.8. The maximum Gasteiger partial charge on any atom is 0.418 e. The van der Waals surface area contributed by atoms with Gasteiger partial charge in [-0.05, 0) is 24.8 Å². The van der Waals surface area contributed by atoms with E-state index in [2.05, 4.69) is 37.5 Å². The van der Waals surface area contributed by atoms with Gasteiger partial charge in [-0.2, -0.15) is 18.3 Å². The number of hydrogen-bond acceptors (Lipinski definition) is 7. The lowest BCUT2D eigenvalue weighted by Gasteiger charge is -2.61. The fraction of sp³-hybridized carbons (Fsp3) is 0.524. The van der Waals surface area contributed by atoms with Crippen LogP contribution >= 0.6 is 0 Å². The second-order valence-corrected chi connectivity index (χ2v) is 8.94. The van der Waals surface area contributed by atoms with Crippen LogP contribution in [-0.2, 0) is 25.2 Å². The van der Waals surface area contributed by atoms with Gasteiger partial charge in [0.15, 0.2) is 5.82 Å². The molecule has 3 aromatic heterocycles. The lowest BCUT2D eigenvalue weighted by Crippen LogP contribution is -2.70. The molecule has 1 saturated heterocycles. The van der Waals surface area contributed by atoms with Crippen LogP contribution in [0.3, 0.4) is 0 Å². The molecule has 0 aromatic carbocycles. The highest BCUT2D eigenvalue weighted by Crippen LogP contribution is 2.55. The molecule has 3 atom stereocenters. The molecule has 4 heterocycles. The molecule has 2 fully saturated rings. The summed E-state index contributed by atoms with van der Waals surface area (Å²) in [5.41, 5.74) is -1.99. The number of amides is 2. The molecule has 0 unspecified atom stereocenters. The fourth-order valence-corrected chi connectivity index (χ4v) is 5.10. The van der Waals surface area contributed by atoms with E-state index in [1.54, 1.807) is 11.9 Å². The van der Waals surface area contributed by atoms with Gasteiger partial charge in [0.1, 0.15) is 17.7 Å². The first-order valence-electron chi connectivity index (χ1n) is 11.0. The Morgan fingerprint density at radius 3 is 2.74 bits per heavy atom. The number of anilines is 1. The van der Waals surface area contributed by atoms with Crippen LogP contribution in [0.25, 0.3) is 11.4 Å². The van der Waals surface area contributed by atoms with E-state index in [1.165, 1.54) is 11.0 Å². The average molecular weight is 476 g/mol. The fourth-order valence-electron chi connectivity index (χ4n) is 5.10. The lowest BCUT2D eigenvalue weighted by molar-refractivity contribution is -0.137. The van der Waals surface area contributed by atoms with E-state index in [-0.39, 0.29) is 23.2 Å². The second kappa shape index (κ2) is 7.77. The number of pyridine rings is 1. The smallest absolute Gasteiger partial charge is 0.418 e. The molecule has 1 aliphatic carbocycles. The molecule has 2 bridgehead atoms. The summed E-state index contributed by atoms with van der Waals surface area (Å²) in [5, 5.41) is 14.9. The third-order valence-electron chi connectivity index (χ3n) is 6.43. The number of halogens is 3. The van der Waals surface area contributed by atoms with Gasteiger partial charge in [0, 0.05) is 37.7 Å². The maximum absolute atomic E-state index is 13.6. The van der Waals surface area contributed by atoms with Gasteiger partial charge in [-0.15, -0.1) is 10.2 Å². The predicted octanol–water partition coefficient (Wildman–Crippen LogP) is 3.77. The molecule has 5 rings (SSSR count). The summed E-state index contributed by atoms with van der Waals surface area (Å²) in [6, 6.07) is 0.627. The first kappa shape index (κ1) is 22.3. The van der Waals surface area contributed by atoms with Crippen molar-refractivity contribution in [2.75, 3.05) is 5.32 Å². The number of carbonyl (C=O) groups is 1. The van der Waals surface area contributed by atoms with Crippen molar-refractivity contribution in [1.82, 2.24) is 34.8 Å². The van der Waals surface area contributed by atoms with Crippen LogP contribution in [0.15, 0.2) is 23.0 Å². The van der Waals surface area contributed by atoms with Crippen LogP contribution in [0.1, 0.15) is 50.5 Å². The van der Waals surface area contributed by atoms with E-state index in [0.29, 0.717) is 43.2 Å². The van der Waals surface area contributed by atoms with Crippen LogP contribution in [0.4, 0.5) is 23.8 Å². The molecule has 0 radical (unpaired) electrons. The van der Waals surface area contributed by atoms with Crippen molar-refractivity contribution in [2.45, 2.75) is 57.3 Å². The zero-order chi connectivity index (χ0) is 24.3. The number of alkyl halides is 3. The van der Waals surface area contributed by atoms with E-state index in [9.17, 15) is 18.0 Å². The molecule has 180 valence electrons. The molecule has 1 N–H and O–H groups in total. The van der Waals surface area contributed by atoms with Crippen molar-refractivity contribution < 1.29 is 22.4 Å². The summed E-state index contributed by atoms with van der Waals surface area (Å²) in [4.78, 5) is 22.8. The van der Waals surface area contributed by atoms with Crippen LogP contribution in [0, 0.1) is 5.92 Å². The molecule has 1 saturated carbocycles. The number of nitrogens with one attached hydrogen (secondary N) is 1. The van der Waals surface area contributed by atoms with Crippen LogP contribution in [-0.4, -0.2) is 46.9 Å². The number of rotatable bonds is 4. The summed E-state index contributed by atoms with van der Waals surface area (Å²) in [6.45, 7) is 4.01. The summed E-state index contributed by atoms with van der Waals surface area (Å²) >= 11 is 0. The molecule has 2 aliphatic rings. The Balaban J connectivity index is 1.46. The molecule has 34 heavy (non-hydrogen) atoms. The van der Waals surface area contributed by atoms with E-state index in [1.807, 2.05) is 6.92 Å². The molecule has 10 nitrogen and oxygen atoms in total. The highest BCUT2D eigenvalue weighted by molar-refractivity contribution is 5.90. The Labute approximate surface area is 192 Å². The highest BCUT2D eigenvalue weighted by Gasteiger charge is 2.62. The first-order valence-corrected chi connectivity index (χ1v) is 11.0. The number of fused-ring (bicyclic) bond motifs is 2. The SMILES string of the molecule is CCc1nnc([C@@]23C[C@@H](C)C[C@@H](C2)N3C(=O)Nc2cc(-c3ncn(C)n3)c(C(F)(F)F)cn2)o1. The van der Waals surface area contributed by atoms with E-state index < -0.39 is 23.3 Å². The molecule has 2 amide bonds. The van der Waals surface area contributed by atoms with Gasteiger partial charge in [-0.3, -0.25) is 10.00 Å². The number of aryl methyl sites for hydroxylation is 2. The molecule has 13 heteroatoms. The zero-order valence-corrected chi connectivity index (χ0v) is 18.8. The third-order valence-corrected chi connectivity index (χ3v) is 6.43. The Kier molecular flexibility index (Phi) is 5.10. The Hall–Kier alpha value is -3.51. The molecule has 1 aliphatic heterocycles. The first-order chi connectivity index (χ1) is 16.1. The Morgan fingerprint density at radius 2 is 2.09 bits per heavy atom. The van der Waals surface area contributed by atoms with Crippen molar-refractivity contribution in [1.29, 1.82) is 0 Å². The maximum atomic E-state index is 13.6. The van der Waals surface area contributed by atoms with Crippen molar-refractivity contribution in [3.05, 3.63) is 35.9 Å². The normalized spacial score (nSPS) is 24.1. The number of carbonyl (C=O) groups excluding carboxylic acids is 1. The Bertz CT molecular complexity index is 1240. The van der Waals surface area contributed by atoms with Gasteiger partial charge >= 0.3 is 12.2 Å².